The second kappa shape index (κ2) is 8.74. The van der Waals surface area contributed by atoms with Crippen molar-refractivity contribution in [2.45, 2.75) is 13.8 Å². The Morgan fingerprint density at radius 1 is 1.14 bits per heavy atom. The van der Waals surface area contributed by atoms with Crippen LogP contribution in [-0.4, -0.2) is 23.6 Å². The van der Waals surface area contributed by atoms with Gasteiger partial charge in [-0.05, 0) is 50.2 Å². The number of halogens is 2. The van der Waals surface area contributed by atoms with E-state index in [4.69, 9.17) is 20.9 Å². The van der Waals surface area contributed by atoms with E-state index < -0.39 is 17.6 Å². The zero-order chi connectivity index (χ0) is 21.0. The molecule has 2 amide bonds. The smallest absolute Gasteiger partial charge is 0.275 e. The summed E-state index contributed by atoms with van der Waals surface area (Å²) < 4.78 is 24.6. The molecule has 0 aliphatic rings. The summed E-state index contributed by atoms with van der Waals surface area (Å²) in [5.74, 6) is -1.15. The fraction of sp³-hybridized carbons (Fsp3) is 0.150. The van der Waals surface area contributed by atoms with Crippen LogP contribution >= 0.6 is 11.6 Å². The number of aryl methyl sites for hydroxylation is 1. The number of ether oxygens (including phenoxy) is 1. The van der Waals surface area contributed by atoms with E-state index in [1.807, 2.05) is 6.92 Å². The van der Waals surface area contributed by atoms with Gasteiger partial charge >= 0.3 is 0 Å². The molecule has 9 heteroatoms. The molecule has 3 rings (SSSR count). The molecule has 0 aliphatic carbocycles. The SMILES string of the molecule is CCOc1ccc(C(=O)NNC(=O)c2c(-c3c(F)cccc3Cl)noc2C)cc1. The first kappa shape index (κ1) is 20.3. The number of aromatic nitrogens is 1. The summed E-state index contributed by atoms with van der Waals surface area (Å²) in [7, 11) is 0. The third kappa shape index (κ3) is 4.38. The van der Waals surface area contributed by atoms with E-state index in [-0.39, 0.29) is 27.6 Å². The summed E-state index contributed by atoms with van der Waals surface area (Å²) in [4.78, 5) is 24.9. The van der Waals surface area contributed by atoms with Crippen molar-refractivity contribution in [3.8, 4) is 17.0 Å². The molecule has 0 atom stereocenters. The number of nitrogens with one attached hydrogen (secondary N) is 2. The predicted octanol–water partition coefficient (Wildman–Crippen LogP) is 3.92. The second-order valence-electron chi connectivity index (χ2n) is 5.92. The largest absolute Gasteiger partial charge is 0.494 e. The number of benzene rings is 2. The normalized spacial score (nSPS) is 10.5. The standard InChI is InChI=1S/C20H17ClFN3O4/c1-3-28-13-9-7-12(8-10-13)19(26)23-24-20(27)16-11(2)29-25-18(16)17-14(21)5-4-6-15(17)22/h4-10H,3H2,1-2H3,(H,23,26)(H,24,27). The molecule has 3 aromatic rings. The monoisotopic (exact) mass is 417 g/mol. The first-order chi connectivity index (χ1) is 13.9. The van der Waals surface area contributed by atoms with Crippen molar-refractivity contribution in [2.24, 2.45) is 0 Å². The van der Waals surface area contributed by atoms with E-state index in [0.29, 0.717) is 17.9 Å². The summed E-state index contributed by atoms with van der Waals surface area (Å²) in [6.07, 6.45) is 0. The maximum Gasteiger partial charge on any atom is 0.275 e. The molecular formula is C20H17ClFN3O4. The van der Waals surface area contributed by atoms with E-state index >= 15 is 0 Å². The number of nitrogens with zero attached hydrogens (tertiary/aromatic N) is 1. The Morgan fingerprint density at radius 3 is 2.48 bits per heavy atom. The second-order valence-corrected chi connectivity index (χ2v) is 6.33. The van der Waals surface area contributed by atoms with Crippen LogP contribution in [0.25, 0.3) is 11.3 Å². The molecule has 29 heavy (non-hydrogen) atoms. The molecule has 150 valence electrons. The van der Waals surface area contributed by atoms with Gasteiger partial charge in [0.2, 0.25) is 0 Å². The maximum atomic E-state index is 14.2. The third-order valence-electron chi connectivity index (χ3n) is 4.01. The van der Waals surface area contributed by atoms with Crippen LogP contribution in [0.4, 0.5) is 4.39 Å². The molecule has 2 aromatic carbocycles. The van der Waals surface area contributed by atoms with E-state index in [1.54, 1.807) is 24.3 Å². The first-order valence-electron chi connectivity index (χ1n) is 8.66. The summed E-state index contributed by atoms with van der Waals surface area (Å²) in [5, 5.41) is 3.83. The molecule has 0 spiro atoms. The number of carbonyl (C=O) groups excluding carboxylic acids is 2. The lowest BCUT2D eigenvalue weighted by Crippen LogP contribution is -2.41. The van der Waals surface area contributed by atoms with Gasteiger partial charge in [-0.1, -0.05) is 22.8 Å². The molecule has 7 nitrogen and oxygen atoms in total. The highest BCUT2D eigenvalue weighted by atomic mass is 35.5. The van der Waals surface area contributed by atoms with E-state index in [2.05, 4.69) is 16.0 Å². The number of hydrazine groups is 1. The molecule has 0 unspecified atom stereocenters. The molecule has 0 radical (unpaired) electrons. The zero-order valence-corrected chi connectivity index (χ0v) is 16.3. The minimum absolute atomic E-state index is 0.0380. The van der Waals surface area contributed by atoms with Gasteiger partial charge in [0, 0.05) is 5.56 Å². The Kier molecular flexibility index (Phi) is 6.13. The lowest BCUT2D eigenvalue weighted by molar-refractivity contribution is 0.0846. The third-order valence-corrected chi connectivity index (χ3v) is 4.32. The van der Waals surface area contributed by atoms with E-state index in [9.17, 15) is 14.0 Å². The fourth-order valence-corrected chi connectivity index (χ4v) is 2.90. The van der Waals surface area contributed by atoms with Gasteiger partial charge in [-0.25, -0.2) is 4.39 Å². The average molecular weight is 418 g/mol. The van der Waals surface area contributed by atoms with Crippen molar-refractivity contribution in [3.63, 3.8) is 0 Å². The Bertz CT molecular complexity index is 1030. The Hall–Kier alpha value is -3.39. The molecule has 0 saturated heterocycles. The van der Waals surface area contributed by atoms with Crippen molar-refractivity contribution in [1.29, 1.82) is 0 Å². The number of hydrogen-bond donors (Lipinski definition) is 2. The van der Waals surface area contributed by atoms with Gasteiger partial charge in [-0.2, -0.15) is 0 Å². The van der Waals surface area contributed by atoms with Crippen molar-refractivity contribution in [1.82, 2.24) is 16.0 Å². The Labute approximate surface area is 170 Å². The molecule has 0 fully saturated rings. The van der Waals surface area contributed by atoms with Gasteiger partial charge in [0.15, 0.2) is 0 Å². The minimum atomic E-state index is -0.725. The topological polar surface area (TPSA) is 93.5 Å². The van der Waals surface area contributed by atoms with Gasteiger partial charge in [-0.3, -0.25) is 20.4 Å². The molecular weight excluding hydrogens is 401 g/mol. The Balaban J connectivity index is 1.76. The molecule has 1 heterocycles. The number of amides is 2. The summed E-state index contributed by atoms with van der Waals surface area (Å²) in [6.45, 7) is 3.86. The summed E-state index contributed by atoms with van der Waals surface area (Å²) >= 11 is 6.06. The van der Waals surface area contributed by atoms with Crippen molar-refractivity contribution >= 4 is 23.4 Å². The Morgan fingerprint density at radius 2 is 1.83 bits per heavy atom. The molecule has 0 saturated carbocycles. The number of carbonyl (C=O) groups is 2. The highest BCUT2D eigenvalue weighted by Crippen LogP contribution is 2.33. The van der Waals surface area contributed by atoms with Crippen molar-refractivity contribution in [3.05, 3.63) is 70.2 Å². The van der Waals surface area contributed by atoms with Crippen molar-refractivity contribution < 1.29 is 23.2 Å². The summed E-state index contributed by atoms with van der Waals surface area (Å²) in [6, 6.07) is 10.5. The number of rotatable bonds is 5. The molecule has 2 N–H and O–H groups in total. The van der Waals surface area contributed by atoms with Crippen LogP contribution in [-0.2, 0) is 0 Å². The van der Waals surface area contributed by atoms with E-state index in [1.165, 1.54) is 25.1 Å². The van der Waals surface area contributed by atoms with Crippen LogP contribution in [0.5, 0.6) is 5.75 Å². The zero-order valence-electron chi connectivity index (χ0n) is 15.6. The lowest BCUT2D eigenvalue weighted by Gasteiger charge is -2.09. The molecule has 0 bridgehead atoms. The van der Waals surface area contributed by atoms with Crippen LogP contribution < -0.4 is 15.6 Å². The van der Waals surface area contributed by atoms with Crippen LogP contribution in [0.1, 0.15) is 33.4 Å². The van der Waals surface area contributed by atoms with Gasteiger partial charge in [0.1, 0.15) is 28.6 Å². The molecule has 0 aliphatic heterocycles. The van der Waals surface area contributed by atoms with Crippen LogP contribution in [0.3, 0.4) is 0 Å². The maximum absolute atomic E-state index is 14.2. The van der Waals surface area contributed by atoms with Crippen LogP contribution in [0, 0.1) is 12.7 Å². The predicted molar refractivity (Wildman–Crippen MR) is 104 cm³/mol. The first-order valence-corrected chi connectivity index (χ1v) is 9.04. The number of hydrogen-bond acceptors (Lipinski definition) is 5. The van der Waals surface area contributed by atoms with Gasteiger partial charge in [0.25, 0.3) is 11.8 Å². The average Bonchev–Trinajstić information content (AvgIpc) is 3.08. The van der Waals surface area contributed by atoms with Gasteiger partial charge < -0.3 is 9.26 Å². The molecule has 1 aromatic heterocycles. The minimum Gasteiger partial charge on any atom is -0.494 e. The highest BCUT2D eigenvalue weighted by molar-refractivity contribution is 6.33. The van der Waals surface area contributed by atoms with Crippen LogP contribution in [0.2, 0.25) is 5.02 Å². The van der Waals surface area contributed by atoms with Gasteiger partial charge in [0.05, 0.1) is 17.2 Å². The van der Waals surface area contributed by atoms with Gasteiger partial charge in [-0.15, -0.1) is 0 Å². The van der Waals surface area contributed by atoms with Crippen LogP contribution in [0.15, 0.2) is 47.0 Å². The lowest BCUT2D eigenvalue weighted by atomic mass is 10.1. The summed E-state index contributed by atoms with van der Waals surface area (Å²) in [5.41, 5.74) is 4.73. The highest BCUT2D eigenvalue weighted by Gasteiger charge is 2.25. The van der Waals surface area contributed by atoms with Crippen molar-refractivity contribution in [2.75, 3.05) is 6.61 Å². The van der Waals surface area contributed by atoms with E-state index in [0.717, 1.165) is 0 Å². The fourth-order valence-electron chi connectivity index (χ4n) is 2.65. The quantitative estimate of drug-likeness (QED) is 0.614.